The lowest BCUT2D eigenvalue weighted by molar-refractivity contribution is -0.388. The molecule has 16 heavy (non-hydrogen) atoms. The molecule has 1 N–H and O–H groups in total. The molecule has 2 rings (SSSR count). The molecule has 2 heterocycles. The molecule has 94 valence electrons. The molecule has 2 aliphatic rings. The van der Waals surface area contributed by atoms with Crippen LogP contribution in [0.4, 0.5) is 0 Å². The minimum Gasteiger partial charge on any atom is -0.346 e. The average molecular weight is 234 g/mol. The summed E-state index contributed by atoms with van der Waals surface area (Å²) in [6.45, 7) is 3.70. The maximum Gasteiger partial charge on any atom is 0.271 e. The smallest absolute Gasteiger partial charge is 0.271 e. The monoisotopic (exact) mass is 234 g/mol. The molecule has 0 saturated carbocycles. The van der Waals surface area contributed by atoms with Gasteiger partial charge in [0.25, 0.3) is 13.0 Å². The van der Waals surface area contributed by atoms with Crippen molar-refractivity contribution in [2.75, 3.05) is 26.4 Å². The SMILES string of the molecule is CC(C)OC1OCC2(COC(O)OC2)CO1. The van der Waals surface area contributed by atoms with Gasteiger partial charge in [0.05, 0.1) is 37.9 Å². The van der Waals surface area contributed by atoms with Gasteiger partial charge >= 0.3 is 0 Å². The van der Waals surface area contributed by atoms with Gasteiger partial charge in [-0.05, 0) is 13.8 Å². The molecule has 0 aliphatic carbocycles. The van der Waals surface area contributed by atoms with E-state index in [-0.39, 0.29) is 11.5 Å². The van der Waals surface area contributed by atoms with E-state index in [0.29, 0.717) is 26.4 Å². The quantitative estimate of drug-likeness (QED) is 0.728. The van der Waals surface area contributed by atoms with Gasteiger partial charge in [0.1, 0.15) is 0 Å². The normalized spacial score (nSPS) is 40.5. The molecule has 0 amide bonds. The van der Waals surface area contributed by atoms with Crippen LogP contribution in [-0.2, 0) is 23.7 Å². The highest BCUT2D eigenvalue weighted by molar-refractivity contribution is 4.82. The molecule has 0 aromatic heterocycles. The molecule has 6 nitrogen and oxygen atoms in total. The predicted molar refractivity (Wildman–Crippen MR) is 52.3 cm³/mol. The Kier molecular flexibility index (Phi) is 3.78. The summed E-state index contributed by atoms with van der Waals surface area (Å²) < 4.78 is 26.3. The first-order valence-electron chi connectivity index (χ1n) is 5.40. The Balaban J connectivity index is 1.80. The van der Waals surface area contributed by atoms with Gasteiger partial charge in [-0.25, -0.2) is 0 Å². The van der Waals surface area contributed by atoms with Crippen LogP contribution < -0.4 is 0 Å². The first-order valence-corrected chi connectivity index (χ1v) is 5.40. The second kappa shape index (κ2) is 4.95. The summed E-state index contributed by atoms with van der Waals surface area (Å²) in [5.41, 5.74) is -0.323. The molecule has 2 fully saturated rings. The lowest BCUT2D eigenvalue weighted by Crippen LogP contribution is -2.52. The maximum atomic E-state index is 9.04. The first-order chi connectivity index (χ1) is 7.60. The summed E-state index contributed by atoms with van der Waals surface area (Å²) in [5, 5.41) is 9.04. The highest BCUT2D eigenvalue weighted by atomic mass is 16.9. The fourth-order valence-electron chi connectivity index (χ4n) is 1.63. The van der Waals surface area contributed by atoms with E-state index in [2.05, 4.69) is 0 Å². The van der Waals surface area contributed by atoms with Crippen molar-refractivity contribution in [2.24, 2.45) is 5.41 Å². The van der Waals surface area contributed by atoms with E-state index >= 15 is 0 Å². The van der Waals surface area contributed by atoms with Crippen molar-refractivity contribution in [3.63, 3.8) is 0 Å². The van der Waals surface area contributed by atoms with Gasteiger partial charge in [-0.3, -0.25) is 0 Å². The molecular formula is C10H18O6. The van der Waals surface area contributed by atoms with E-state index in [9.17, 15) is 0 Å². The van der Waals surface area contributed by atoms with Crippen molar-refractivity contribution in [1.82, 2.24) is 0 Å². The molecule has 0 aromatic carbocycles. The Morgan fingerprint density at radius 2 is 1.56 bits per heavy atom. The minimum atomic E-state index is -1.13. The van der Waals surface area contributed by atoms with Crippen LogP contribution in [0.25, 0.3) is 0 Å². The summed E-state index contributed by atoms with van der Waals surface area (Å²) >= 11 is 0. The molecule has 0 bridgehead atoms. The number of aliphatic hydroxyl groups excluding tert-OH is 1. The maximum absolute atomic E-state index is 9.04. The molecule has 2 saturated heterocycles. The third-order valence-electron chi connectivity index (χ3n) is 2.50. The lowest BCUT2D eigenvalue weighted by atomic mass is 9.91. The van der Waals surface area contributed by atoms with Gasteiger partial charge in [-0.2, -0.15) is 0 Å². The summed E-state index contributed by atoms with van der Waals surface area (Å²) in [6, 6.07) is 0. The van der Waals surface area contributed by atoms with Crippen molar-refractivity contribution in [3.8, 4) is 0 Å². The third-order valence-corrected chi connectivity index (χ3v) is 2.50. The topological polar surface area (TPSA) is 66.4 Å². The van der Waals surface area contributed by atoms with Crippen molar-refractivity contribution in [3.05, 3.63) is 0 Å². The van der Waals surface area contributed by atoms with Crippen molar-refractivity contribution < 1.29 is 28.8 Å². The lowest BCUT2D eigenvalue weighted by Gasteiger charge is -2.42. The number of hydrogen-bond acceptors (Lipinski definition) is 6. The molecule has 2 aliphatic heterocycles. The van der Waals surface area contributed by atoms with E-state index in [0.717, 1.165) is 0 Å². The van der Waals surface area contributed by atoms with Crippen LogP contribution in [0.5, 0.6) is 0 Å². The molecule has 0 aromatic rings. The Morgan fingerprint density at radius 3 is 2.06 bits per heavy atom. The van der Waals surface area contributed by atoms with Crippen LogP contribution in [0, 0.1) is 5.41 Å². The number of aliphatic hydroxyl groups is 1. The van der Waals surface area contributed by atoms with E-state index in [1.54, 1.807) is 0 Å². The predicted octanol–water partition coefficient (Wildman–Crippen LogP) is 0.0509. The van der Waals surface area contributed by atoms with Gasteiger partial charge in [0.15, 0.2) is 0 Å². The Labute approximate surface area is 94.4 Å². The van der Waals surface area contributed by atoms with Crippen molar-refractivity contribution >= 4 is 0 Å². The summed E-state index contributed by atoms with van der Waals surface area (Å²) in [7, 11) is 0. The summed E-state index contributed by atoms with van der Waals surface area (Å²) in [6.07, 6.45) is 0.0553. The second-order valence-corrected chi connectivity index (χ2v) is 4.52. The highest BCUT2D eigenvalue weighted by Gasteiger charge is 2.42. The Bertz CT molecular complexity index is 213. The highest BCUT2D eigenvalue weighted by Crippen LogP contribution is 2.29. The number of ether oxygens (including phenoxy) is 5. The van der Waals surface area contributed by atoms with Crippen LogP contribution in [0.1, 0.15) is 13.8 Å². The van der Waals surface area contributed by atoms with Gasteiger partial charge in [0, 0.05) is 0 Å². The zero-order valence-corrected chi connectivity index (χ0v) is 9.55. The summed E-state index contributed by atoms with van der Waals surface area (Å²) in [4.78, 5) is 0. The standard InChI is InChI=1S/C10H18O6/c1-7(2)16-9-14-5-10(6-15-9)3-12-8(11)13-4-10/h7-9,11H,3-6H2,1-2H3. The minimum absolute atomic E-state index is 0.0553. The molecule has 1 spiro atoms. The molecule has 0 radical (unpaired) electrons. The van der Waals surface area contributed by atoms with Crippen LogP contribution in [0.3, 0.4) is 0 Å². The van der Waals surface area contributed by atoms with Gasteiger partial charge in [0.2, 0.25) is 0 Å². The first kappa shape index (κ1) is 12.2. The van der Waals surface area contributed by atoms with Gasteiger partial charge < -0.3 is 28.8 Å². The largest absolute Gasteiger partial charge is 0.346 e. The van der Waals surface area contributed by atoms with E-state index in [1.165, 1.54) is 0 Å². The van der Waals surface area contributed by atoms with Crippen LogP contribution >= 0.6 is 0 Å². The summed E-state index contributed by atoms with van der Waals surface area (Å²) in [5.74, 6) is 0. The van der Waals surface area contributed by atoms with Crippen molar-refractivity contribution in [2.45, 2.75) is 32.9 Å². The van der Waals surface area contributed by atoms with E-state index < -0.39 is 13.0 Å². The third kappa shape index (κ3) is 2.91. The van der Waals surface area contributed by atoms with Crippen LogP contribution in [-0.4, -0.2) is 50.6 Å². The average Bonchev–Trinajstić information content (AvgIpc) is 2.26. The zero-order valence-electron chi connectivity index (χ0n) is 9.55. The van der Waals surface area contributed by atoms with Gasteiger partial charge in [-0.15, -0.1) is 0 Å². The molecular weight excluding hydrogens is 216 g/mol. The number of rotatable bonds is 2. The number of hydrogen-bond donors (Lipinski definition) is 1. The molecule has 0 unspecified atom stereocenters. The van der Waals surface area contributed by atoms with Crippen molar-refractivity contribution in [1.29, 1.82) is 0 Å². The Morgan fingerprint density at radius 1 is 1.06 bits per heavy atom. The van der Waals surface area contributed by atoms with E-state index in [4.69, 9.17) is 28.8 Å². The van der Waals surface area contributed by atoms with E-state index in [1.807, 2.05) is 13.8 Å². The fraction of sp³-hybridized carbons (Fsp3) is 1.00. The van der Waals surface area contributed by atoms with Crippen LogP contribution in [0.15, 0.2) is 0 Å². The Hall–Kier alpha value is -0.240. The molecule has 0 atom stereocenters. The van der Waals surface area contributed by atoms with Gasteiger partial charge in [-0.1, -0.05) is 0 Å². The fourth-order valence-corrected chi connectivity index (χ4v) is 1.63. The van der Waals surface area contributed by atoms with Crippen LogP contribution in [0.2, 0.25) is 0 Å². The zero-order chi connectivity index (χ0) is 11.6. The second-order valence-electron chi connectivity index (χ2n) is 4.52. The molecule has 6 heteroatoms.